The van der Waals surface area contributed by atoms with Gasteiger partial charge < -0.3 is 14.8 Å². The molecule has 0 saturated heterocycles. The predicted octanol–water partition coefficient (Wildman–Crippen LogP) is 5.88. The van der Waals surface area contributed by atoms with Gasteiger partial charge >= 0.3 is 5.97 Å². The Hall–Kier alpha value is -3.61. The summed E-state index contributed by atoms with van der Waals surface area (Å²) in [4.78, 5) is 25.3. The van der Waals surface area contributed by atoms with Crippen LogP contribution in [0.2, 0.25) is 0 Å². The minimum atomic E-state index is -1.10. The van der Waals surface area contributed by atoms with Crippen LogP contribution >= 0.6 is 0 Å². The van der Waals surface area contributed by atoms with Crippen LogP contribution in [0.5, 0.6) is 0 Å². The first-order valence-electron chi connectivity index (χ1n) is 13.2. The van der Waals surface area contributed by atoms with Gasteiger partial charge in [0.25, 0.3) is 5.91 Å². The summed E-state index contributed by atoms with van der Waals surface area (Å²) in [5.41, 5.74) is 3.39. The number of carbonyl (C=O) groups is 2. The van der Waals surface area contributed by atoms with Gasteiger partial charge in [0.2, 0.25) is 0 Å². The van der Waals surface area contributed by atoms with Crippen LogP contribution in [0.25, 0.3) is 11.3 Å². The second kappa shape index (κ2) is 11.8. The normalized spacial score (nSPS) is 15.8. The van der Waals surface area contributed by atoms with Gasteiger partial charge in [0.1, 0.15) is 11.5 Å². The lowest BCUT2D eigenvalue weighted by atomic mass is 9.86. The lowest BCUT2D eigenvalue weighted by molar-refractivity contribution is -0.163. The van der Waals surface area contributed by atoms with Crippen molar-refractivity contribution in [2.24, 2.45) is 13.0 Å². The maximum Gasteiger partial charge on any atom is 0.349 e. The number of rotatable bonds is 10. The minimum Gasteiger partial charge on any atom is -0.476 e. The van der Waals surface area contributed by atoms with E-state index >= 15 is 0 Å². The van der Waals surface area contributed by atoms with E-state index in [1.54, 1.807) is 38.6 Å². The summed E-state index contributed by atoms with van der Waals surface area (Å²) in [6.45, 7) is 16.3. The molecule has 2 aromatic rings. The van der Waals surface area contributed by atoms with Gasteiger partial charge in [-0.1, -0.05) is 57.2 Å². The molecule has 1 heterocycles. The monoisotopic (exact) mass is 519 g/mol. The largest absolute Gasteiger partial charge is 0.476 e. The molecule has 0 fully saturated rings. The Labute approximate surface area is 226 Å². The number of carbonyl (C=O) groups excluding carboxylic acids is 2. The molecular formula is C31H41N3O4. The molecule has 1 unspecified atom stereocenters. The van der Waals surface area contributed by atoms with Crippen molar-refractivity contribution >= 4 is 11.9 Å². The van der Waals surface area contributed by atoms with Crippen molar-refractivity contribution in [3.63, 3.8) is 0 Å². The van der Waals surface area contributed by atoms with Crippen LogP contribution in [0.1, 0.15) is 70.4 Å². The summed E-state index contributed by atoms with van der Waals surface area (Å²) in [5, 5.41) is 7.61. The quantitative estimate of drug-likeness (QED) is 0.313. The van der Waals surface area contributed by atoms with Gasteiger partial charge in [0.05, 0.1) is 12.3 Å². The smallest absolute Gasteiger partial charge is 0.349 e. The predicted molar refractivity (Wildman–Crippen MR) is 151 cm³/mol. The lowest BCUT2D eigenvalue weighted by Crippen LogP contribution is -2.37. The molecule has 7 heteroatoms. The van der Waals surface area contributed by atoms with Crippen molar-refractivity contribution in [2.75, 3.05) is 13.2 Å². The molecular weight excluding hydrogens is 478 g/mol. The molecule has 0 spiro atoms. The molecule has 38 heavy (non-hydrogen) atoms. The number of ether oxygens (including phenoxy) is 2. The fourth-order valence-corrected chi connectivity index (χ4v) is 4.30. The van der Waals surface area contributed by atoms with Gasteiger partial charge in [-0.3, -0.25) is 9.48 Å². The zero-order valence-electron chi connectivity index (χ0n) is 23.8. The van der Waals surface area contributed by atoms with Crippen LogP contribution in [0.3, 0.4) is 0 Å². The molecule has 1 aromatic heterocycles. The lowest BCUT2D eigenvalue weighted by Gasteiger charge is -2.29. The third-order valence-corrected chi connectivity index (χ3v) is 6.54. The van der Waals surface area contributed by atoms with E-state index in [2.05, 4.69) is 56.0 Å². The third-order valence-electron chi connectivity index (χ3n) is 6.54. The van der Waals surface area contributed by atoms with Gasteiger partial charge in [-0.15, -0.1) is 6.58 Å². The Kier molecular flexibility index (Phi) is 9.02. The number of nitrogens with zero attached hydrogens (tertiary/aromatic N) is 2. The van der Waals surface area contributed by atoms with Crippen molar-refractivity contribution in [2.45, 2.75) is 65.4 Å². The topological polar surface area (TPSA) is 82.5 Å². The zero-order chi connectivity index (χ0) is 28.1. The Balaban J connectivity index is 1.66. The molecule has 0 saturated carbocycles. The van der Waals surface area contributed by atoms with Crippen molar-refractivity contribution in [3.05, 3.63) is 77.7 Å². The standard InChI is InChI=1S/C31H41N3O4/c1-9-11-23-18-21(12-17-27(23)38-31(6,7)29(36)37-10-2)20-32-28(35)26-19-25(33-34(26)8)22-13-15-24(16-14-22)30(3,4)5/h9,13-19,21H,1,10-12,20H2,2-8H3,(H,32,35). The highest BCUT2D eigenvalue weighted by Crippen LogP contribution is 2.31. The molecule has 0 bridgehead atoms. The fourth-order valence-electron chi connectivity index (χ4n) is 4.30. The summed E-state index contributed by atoms with van der Waals surface area (Å²) < 4.78 is 12.8. The first-order valence-corrected chi connectivity index (χ1v) is 13.2. The molecule has 1 amide bonds. The van der Waals surface area contributed by atoms with Crippen molar-refractivity contribution in [1.29, 1.82) is 0 Å². The van der Waals surface area contributed by atoms with Crippen molar-refractivity contribution < 1.29 is 19.1 Å². The Bertz CT molecular complexity index is 1230. The average Bonchev–Trinajstić information content (AvgIpc) is 3.25. The van der Waals surface area contributed by atoms with Crippen LogP contribution in [-0.2, 0) is 26.7 Å². The number of benzene rings is 1. The number of aromatic nitrogens is 2. The van der Waals surface area contributed by atoms with E-state index in [0.29, 0.717) is 37.4 Å². The molecule has 1 atom stereocenters. The highest BCUT2D eigenvalue weighted by atomic mass is 16.6. The van der Waals surface area contributed by atoms with Crippen LogP contribution in [0.15, 0.2) is 66.5 Å². The minimum absolute atomic E-state index is 0.0754. The van der Waals surface area contributed by atoms with E-state index in [-0.39, 0.29) is 17.2 Å². The SMILES string of the molecule is C=CCC1=CC(CNC(=O)c2cc(-c3ccc(C(C)(C)C)cc3)nn2C)CC=C1OC(C)(C)C(=O)OCC. The van der Waals surface area contributed by atoms with Gasteiger partial charge in [-0.05, 0) is 68.2 Å². The van der Waals surface area contributed by atoms with E-state index in [9.17, 15) is 9.59 Å². The van der Waals surface area contributed by atoms with Crippen LogP contribution in [0.4, 0.5) is 0 Å². The number of allylic oxidation sites excluding steroid dienone is 3. The number of esters is 1. The maximum atomic E-state index is 13.0. The summed E-state index contributed by atoms with van der Waals surface area (Å²) in [5.74, 6) is 0.156. The first kappa shape index (κ1) is 29.0. The molecule has 1 aliphatic carbocycles. The molecule has 0 aliphatic heterocycles. The van der Waals surface area contributed by atoms with E-state index in [4.69, 9.17) is 9.47 Å². The van der Waals surface area contributed by atoms with Crippen LogP contribution in [-0.4, -0.2) is 40.4 Å². The third kappa shape index (κ3) is 7.03. The second-order valence-electron chi connectivity index (χ2n) is 11.2. The second-order valence-corrected chi connectivity index (χ2v) is 11.2. The van der Waals surface area contributed by atoms with Gasteiger partial charge in [0.15, 0.2) is 5.60 Å². The highest BCUT2D eigenvalue weighted by Gasteiger charge is 2.33. The molecule has 1 aromatic carbocycles. The first-order chi connectivity index (χ1) is 17.9. The number of aryl methyl sites for hydroxylation is 1. The summed E-state index contributed by atoms with van der Waals surface area (Å²) in [6.07, 6.45) is 7.12. The number of hydrogen-bond acceptors (Lipinski definition) is 5. The van der Waals surface area contributed by atoms with E-state index in [1.165, 1.54) is 5.56 Å². The van der Waals surface area contributed by atoms with Crippen LogP contribution in [0, 0.1) is 5.92 Å². The summed E-state index contributed by atoms with van der Waals surface area (Å²) in [6, 6.07) is 10.1. The van der Waals surface area contributed by atoms with E-state index < -0.39 is 11.6 Å². The summed E-state index contributed by atoms with van der Waals surface area (Å²) in [7, 11) is 1.78. The number of hydrogen-bond donors (Lipinski definition) is 1. The van der Waals surface area contributed by atoms with Crippen molar-refractivity contribution in [1.82, 2.24) is 15.1 Å². The van der Waals surface area contributed by atoms with Gasteiger partial charge in [-0.25, -0.2) is 4.79 Å². The molecule has 3 rings (SSSR count). The number of amides is 1. The molecule has 1 N–H and O–H groups in total. The van der Waals surface area contributed by atoms with E-state index in [1.807, 2.05) is 24.3 Å². The highest BCUT2D eigenvalue weighted by molar-refractivity contribution is 5.93. The molecule has 1 aliphatic rings. The average molecular weight is 520 g/mol. The molecule has 7 nitrogen and oxygen atoms in total. The van der Waals surface area contributed by atoms with Crippen molar-refractivity contribution in [3.8, 4) is 11.3 Å². The summed E-state index contributed by atoms with van der Waals surface area (Å²) >= 11 is 0. The Morgan fingerprint density at radius 2 is 1.87 bits per heavy atom. The molecule has 0 radical (unpaired) electrons. The number of nitrogens with one attached hydrogen (secondary N) is 1. The Morgan fingerprint density at radius 3 is 2.47 bits per heavy atom. The van der Waals surface area contributed by atoms with Gasteiger partial charge in [0, 0.05) is 19.2 Å². The molecule has 204 valence electrons. The van der Waals surface area contributed by atoms with Gasteiger partial charge in [-0.2, -0.15) is 5.10 Å². The maximum absolute atomic E-state index is 13.0. The fraction of sp³-hybridized carbons (Fsp3) is 0.452. The Morgan fingerprint density at radius 1 is 1.18 bits per heavy atom. The van der Waals surface area contributed by atoms with E-state index in [0.717, 1.165) is 16.8 Å². The van der Waals surface area contributed by atoms with Crippen LogP contribution < -0.4 is 5.32 Å². The zero-order valence-corrected chi connectivity index (χ0v) is 23.8.